The first-order valence-corrected chi connectivity index (χ1v) is 11.7. The zero-order valence-corrected chi connectivity index (χ0v) is 20.6. The summed E-state index contributed by atoms with van der Waals surface area (Å²) in [6.07, 6.45) is -3.64. The Morgan fingerprint density at radius 3 is 2.27 bits per heavy atom. The molecule has 11 heteroatoms. The number of aliphatic hydroxyl groups excluding tert-OH is 6. The third-order valence-electron chi connectivity index (χ3n) is 6.22. The summed E-state index contributed by atoms with van der Waals surface area (Å²) < 4.78 is 21.8. The van der Waals surface area contributed by atoms with Gasteiger partial charge in [-0.05, 0) is 41.8 Å². The maximum atomic E-state index is 10.7. The number of rotatable bonds is 11. The Morgan fingerprint density at radius 2 is 1.65 bits per heavy atom. The Hall–Kier alpha value is -2.90. The van der Waals surface area contributed by atoms with Crippen LogP contribution in [0.25, 0.3) is 6.08 Å². The van der Waals surface area contributed by atoms with Gasteiger partial charge in [0, 0.05) is 11.5 Å². The average molecular weight is 523 g/mol. The fourth-order valence-electron chi connectivity index (χ4n) is 4.19. The highest BCUT2D eigenvalue weighted by molar-refractivity contribution is 5.60. The van der Waals surface area contributed by atoms with Gasteiger partial charge < -0.3 is 54.7 Å². The van der Waals surface area contributed by atoms with Crippen molar-refractivity contribution in [3.8, 4) is 23.0 Å². The van der Waals surface area contributed by atoms with Crippen LogP contribution in [0.5, 0.6) is 23.0 Å². The van der Waals surface area contributed by atoms with Crippen LogP contribution in [-0.2, 0) is 11.2 Å². The third-order valence-corrected chi connectivity index (χ3v) is 6.22. The van der Waals surface area contributed by atoms with E-state index in [1.165, 1.54) is 14.2 Å². The normalized spacial score (nSPS) is 24.7. The molecule has 6 atom stereocenters. The second kappa shape index (κ2) is 13.1. The van der Waals surface area contributed by atoms with Crippen LogP contribution >= 0.6 is 0 Å². The van der Waals surface area contributed by atoms with Crippen molar-refractivity contribution in [2.45, 2.75) is 43.0 Å². The minimum absolute atomic E-state index is 0.0998. The molecular formula is C26H34O11. The first-order valence-electron chi connectivity index (χ1n) is 11.7. The lowest BCUT2D eigenvalue weighted by atomic mass is 9.90. The zero-order chi connectivity index (χ0) is 27.1. The molecule has 0 aliphatic carbocycles. The third kappa shape index (κ3) is 6.51. The molecule has 0 radical (unpaired) electrons. The van der Waals surface area contributed by atoms with Crippen LogP contribution in [-0.4, -0.2) is 100 Å². The SMILES string of the molecule is COc1cc(CC(CO)c2cc(C=CCO)cc(OC)c2O)ccc1OC1OC(CO)C(O)C(O)C1O. The van der Waals surface area contributed by atoms with Gasteiger partial charge in [-0.3, -0.25) is 0 Å². The predicted molar refractivity (Wildman–Crippen MR) is 132 cm³/mol. The molecule has 0 aromatic heterocycles. The van der Waals surface area contributed by atoms with Gasteiger partial charge >= 0.3 is 0 Å². The van der Waals surface area contributed by atoms with Gasteiger partial charge in [-0.15, -0.1) is 0 Å². The van der Waals surface area contributed by atoms with Gasteiger partial charge in [0.05, 0.1) is 34.0 Å². The lowest BCUT2D eigenvalue weighted by Gasteiger charge is -2.39. The summed E-state index contributed by atoms with van der Waals surface area (Å²) in [6, 6.07) is 8.25. The number of benzene rings is 2. The van der Waals surface area contributed by atoms with E-state index < -0.39 is 43.2 Å². The summed E-state index contributed by atoms with van der Waals surface area (Å²) in [4.78, 5) is 0. The molecule has 0 amide bonds. The van der Waals surface area contributed by atoms with Crippen LogP contribution in [0.15, 0.2) is 36.4 Å². The lowest BCUT2D eigenvalue weighted by Crippen LogP contribution is -2.60. The molecule has 6 unspecified atom stereocenters. The largest absolute Gasteiger partial charge is 0.504 e. The van der Waals surface area contributed by atoms with Crippen LogP contribution < -0.4 is 14.2 Å². The van der Waals surface area contributed by atoms with Crippen molar-refractivity contribution in [1.29, 1.82) is 0 Å². The molecule has 0 spiro atoms. The van der Waals surface area contributed by atoms with Gasteiger partial charge in [0.2, 0.25) is 6.29 Å². The smallest absolute Gasteiger partial charge is 0.229 e. The molecule has 11 nitrogen and oxygen atoms in total. The number of aromatic hydroxyl groups is 1. The molecule has 1 heterocycles. The van der Waals surface area contributed by atoms with Crippen molar-refractivity contribution in [2.24, 2.45) is 0 Å². The van der Waals surface area contributed by atoms with E-state index in [1.54, 1.807) is 42.5 Å². The molecule has 0 bridgehead atoms. The molecule has 2 aromatic carbocycles. The van der Waals surface area contributed by atoms with Gasteiger partial charge in [-0.1, -0.05) is 18.2 Å². The van der Waals surface area contributed by atoms with E-state index in [2.05, 4.69) is 0 Å². The number of hydrogen-bond acceptors (Lipinski definition) is 11. The van der Waals surface area contributed by atoms with Crippen molar-refractivity contribution >= 4 is 6.08 Å². The number of phenols is 1. The van der Waals surface area contributed by atoms with Gasteiger partial charge in [0.15, 0.2) is 23.0 Å². The maximum Gasteiger partial charge on any atom is 0.229 e. The maximum absolute atomic E-state index is 10.7. The molecule has 1 fully saturated rings. The Balaban J connectivity index is 1.85. The van der Waals surface area contributed by atoms with E-state index in [-0.39, 0.29) is 36.2 Å². The highest BCUT2D eigenvalue weighted by Gasteiger charge is 2.45. The van der Waals surface area contributed by atoms with Crippen LogP contribution in [0.3, 0.4) is 0 Å². The molecule has 204 valence electrons. The monoisotopic (exact) mass is 522 g/mol. The van der Waals surface area contributed by atoms with Crippen LogP contribution in [0.2, 0.25) is 0 Å². The van der Waals surface area contributed by atoms with Gasteiger partial charge in [0.1, 0.15) is 24.4 Å². The van der Waals surface area contributed by atoms with Crippen molar-refractivity contribution < 1.29 is 54.7 Å². The molecule has 1 aliphatic rings. The summed E-state index contributed by atoms with van der Waals surface area (Å²) in [6.45, 7) is -1.02. The molecule has 1 saturated heterocycles. The van der Waals surface area contributed by atoms with Crippen molar-refractivity contribution in [3.05, 3.63) is 53.1 Å². The first kappa shape index (κ1) is 28.7. The average Bonchev–Trinajstić information content (AvgIpc) is 2.91. The summed E-state index contributed by atoms with van der Waals surface area (Å²) in [5.74, 6) is 0.0642. The van der Waals surface area contributed by atoms with Crippen molar-refractivity contribution in [1.82, 2.24) is 0 Å². The molecule has 0 saturated carbocycles. The van der Waals surface area contributed by atoms with Gasteiger partial charge in [-0.2, -0.15) is 0 Å². The molecule has 37 heavy (non-hydrogen) atoms. The molecular weight excluding hydrogens is 488 g/mol. The molecule has 3 rings (SSSR count). The number of phenolic OH excluding ortho intramolecular Hbond substituents is 1. The standard InChI is InChI=1S/C26H34O11/c1-34-19-10-15(5-6-18(19)36-26-25(33)24(32)23(31)21(13-29)37-26)8-16(12-28)17-9-14(4-3-7-27)11-20(35-2)22(17)30/h3-6,9-11,16,21,23-33H,7-8,12-13H2,1-2H3. The Bertz CT molecular complexity index is 1060. The topological polar surface area (TPSA) is 179 Å². The summed E-state index contributed by atoms with van der Waals surface area (Å²) in [5.41, 5.74) is 1.87. The Morgan fingerprint density at radius 1 is 0.919 bits per heavy atom. The fraction of sp³-hybridized carbons (Fsp3) is 0.462. The van der Waals surface area contributed by atoms with Crippen LogP contribution in [0, 0.1) is 0 Å². The minimum atomic E-state index is -1.58. The van der Waals surface area contributed by atoms with E-state index in [9.17, 15) is 30.6 Å². The summed E-state index contributed by atoms with van der Waals surface area (Å²) in [7, 11) is 2.84. The first-order chi connectivity index (χ1) is 17.8. The Kier molecular flexibility index (Phi) is 10.1. The number of methoxy groups -OCH3 is 2. The number of ether oxygens (including phenoxy) is 4. The van der Waals surface area contributed by atoms with Crippen molar-refractivity contribution in [3.63, 3.8) is 0 Å². The zero-order valence-electron chi connectivity index (χ0n) is 20.6. The summed E-state index contributed by atoms with van der Waals surface area (Å²) in [5, 5.41) is 69.5. The number of aliphatic hydroxyl groups is 6. The van der Waals surface area contributed by atoms with Crippen LogP contribution in [0.4, 0.5) is 0 Å². The van der Waals surface area contributed by atoms with Gasteiger partial charge in [-0.25, -0.2) is 0 Å². The Labute approximate surface area is 214 Å². The fourth-order valence-corrected chi connectivity index (χ4v) is 4.19. The highest BCUT2D eigenvalue weighted by Crippen LogP contribution is 2.39. The lowest BCUT2D eigenvalue weighted by molar-refractivity contribution is -0.277. The molecule has 2 aromatic rings. The van der Waals surface area contributed by atoms with E-state index >= 15 is 0 Å². The van der Waals surface area contributed by atoms with Crippen molar-refractivity contribution in [2.75, 3.05) is 34.0 Å². The second-order valence-corrected chi connectivity index (χ2v) is 8.63. The van der Waals surface area contributed by atoms with E-state index in [4.69, 9.17) is 24.1 Å². The van der Waals surface area contributed by atoms with E-state index in [0.717, 1.165) is 5.56 Å². The molecule has 1 aliphatic heterocycles. The van der Waals surface area contributed by atoms with E-state index in [0.29, 0.717) is 17.5 Å². The second-order valence-electron chi connectivity index (χ2n) is 8.63. The number of hydrogen-bond donors (Lipinski definition) is 7. The van der Waals surface area contributed by atoms with Crippen LogP contribution in [0.1, 0.15) is 22.6 Å². The highest BCUT2D eigenvalue weighted by atomic mass is 16.7. The minimum Gasteiger partial charge on any atom is -0.504 e. The quantitative estimate of drug-likeness (QED) is 0.210. The van der Waals surface area contributed by atoms with E-state index in [1.807, 2.05) is 0 Å². The van der Waals surface area contributed by atoms with Gasteiger partial charge in [0.25, 0.3) is 0 Å². The predicted octanol–water partition coefficient (Wildman–Crippen LogP) is -0.0878. The summed E-state index contributed by atoms with van der Waals surface area (Å²) >= 11 is 0. The molecule has 7 N–H and O–H groups in total.